The van der Waals surface area contributed by atoms with Gasteiger partial charge in [0.15, 0.2) is 6.10 Å². The van der Waals surface area contributed by atoms with E-state index in [2.05, 4.69) is 6.58 Å². The quantitative estimate of drug-likeness (QED) is 0.760. The fourth-order valence-electron chi connectivity index (χ4n) is 1.11. The van der Waals surface area contributed by atoms with Gasteiger partial charge in [0.05, 0.1) is 0 Å². The second-order valence-electron chi connectivity index (χ2n) is 3.03. The summed E-state index contributed by atoms with van der Waals surface area (Å²) in [6.45, 7) is 3.72. The third-order valence-electron chi connectivity index (χ3n) is 1.91. The van der Waals surface area contributed by atoms with Crippen LogP contribution in [0.15, 0.2) is 36.9 Å². The van der Waals surface area contributed by atoms with Gasteiger partial charge in [-0.3, -0.25) is 0 Å². The standard InChI is InChI=1S/C11H12O3/c1-8(7-10(12)11(13)14)9-5-3-2-4-6-9/h2-6,10,12H,1,7H2,(H,13,14)/t10-/m1/s1. The molecule has 1 rings (SSSR count). The average molecular weight is 192 g/mol. The van der Waals surface area contributed by atoms with Gasteiger partial charge in [-0.2, -0.15) is 0 Å². The maximum Gasteiger partial charge on any atom is 0.332 e. The number of hydrogen-bond donors (Lipinski definition) is 2. The van der Waals surface area contributed by atoms with Crippen LogP contribution in [0.5, 0.6) is 0 Å². The molecule has 0 aliphatic carbocycles. The molecule has 3 nitrogen and oxygen atoms in total. The molecule has 0 fully saturated rings. The summed E-state index contributed by atoms with van der Waals surface area (Å²) in [4.78, 5) is 10.4. The van der Waals surface area contributed by atoms with E-state index in [-0.39, 0.29) is 6.42 Å². The van der Waals surface area contributed by atoms with Crippen molar-refractivity contribution in [2.75, 3.05) is 0 Å². The molecule has 0 unspecified atom stereocenters. The number of hydrogen-bond acceptors (Lipinski definition) is 2. The van der Waals surface area contributed by atoms with E-state index in [9.17, 15) is 4.79 Å². The van der Waals surface area contributed by atoms with Gasteiger partial charge in [-0.25, -0.2) is 4.79 Å². The summed E-state index contributed by atoms with van der Waals surface area (Å²) in [5.41, 5.74) is 1.48. The topological polar surface area (TPSA) is 57.5 Å². The van der Waals surface area contributed by atoms with E-state index in [1.54, 1.807) is 0 Å². The predicted octanol–water partition coefficient (Wildman–Crippen LogP) is 1.54. The van der Waals surface area contributed by atoms with Crippen molar-refractivity contribution in [1.29, 1.82) is 0 Å². The summed E-state index contributed by atoms with van der Waals surface area (Å²) < 4.78 is 0. The second kappa shape index (κ2) is 4.58. The van der Waals surface area contributed by atoms with Crippen molar-refractivity contribution in [1.82, 2.24) is 0 Å². The van der Waals surface area contributed by atoms with E-state index < -0.39 is 12.1 Å². The monoisotopic (exact) mass is 192 g/mol. The highest BCUT2D eigenvalue weighted by Crippen LogP contribution is 2.17. The van der Waals surface area contributed by atoms with Crippen molar-refractivity contribution in [3.63, 3.8) is 0 Å². The minimum atomic E-state index is -1.37. The van der Waals surface area contributed by atoms with Crippen LogP contribution in [0.3, 0.4) is 0 Å². The van der Waals surface area contributed by atoms with Crippen molar-refractivity contribution in [3.8, 4) is 0 Å². The first-order valence-electron chi connectivity index (χ1n) is 4.25. The lowest BCUT2D eigenvalue weighted by molar-refractivity contribution is -0.146. The Morgan fingerprint density at radius 1 is 1.36 bits per heavy atom. The first-order valence-corrected chi connectivity index (χ1v) is 4.25. The third kappa shape index (κ3) is 2.71. The van der Waals surface area contributed by atoms with E-state index in [1.807, 2.05) is 30.3 Å². The maximum absolute atomic E-state index is 10.4. The number of benzene rings is 1. The number of carboxylic acids is 1. The average Bonchev–Trinajstić information content (AvgIpc) is 2.19. The van der Waals surface area contributed by atoms with Crippen molar-refractivity contribution >= 4 is 11.5 Å². The Bertz CT molecular complexity index is 330. The molecular weight excluding hydrogens is 180 g/mol. The molecule has 0 aliphatic rings. The fourth-order valence-corrected chi connectivity index (χ4v) is 1.11. The molecule has 1 aromatic rings. The van der Waals surface area contributed by atoms with Crippen LogP contribution >= 0.6 is 0 Å². The van der Waals surface area contributed by atoms with Crippen molar-refractivity contribution in [2.45, 2.75) is 12.5 Å². The zero-order chi connectivity index (χ0) is 10.6. The molecule has 0 aliphatic heterocycles. The van der Waals surface area contributed by atoms with Crippen LogP contribution in [0.1, 0.15) is 12.0 Å². The normalized spacial score (nSPS) is 12.1. The second-order valence-corrected chi connectivity index (χ2v) is 3.03. The summed E-state index contributed by atoms with van der Waals surface area (Å²) in [7, 11) is 0. The van der Waals surface area contributed by atoms with E-state index in [1.165, 1.54) is 0 Å². The number of carbonyl (C=O) groups is 1. The Balaban J connectivity index is 2.64. The summed E-state index contributed by atoms with van der Waals surface area (Å²) in [5, 5.41) is 17.6. The molecule has 1 atom stereocenters. The molecular formula is C11H12O3. The van der Waals surface area contributed by atoms with Gasteiger partial charge >= 0.3 is 5.97 Å². The number of aliphatic hydroxyl groups is 1. The first kappa shape index (κ1) is 10.5. The Labute approximate surface area is 82.3 Å². The summed E-state index contributed by atoms with van der Waals surface area (Å²) in [6, 6.07) is 9.21. The van der Waals surface area contributed by atoms with Gasteiger partial charge in [-0.15, -0.1) is 0 Å². The molecule has 0 amide bonds. The van der Waals surface area contributed by atoms with Gasteiger partial charge in [0.25, 0.3) is 0 Å². The molecule has 0 aromatic heterocycles. The fraction of sp³-hybridized carbons (Fsp3) is 0.182. The Morgan fingerprint density at radius 3 is 2.43 bits per heavy atom. The van der Waals surface area contributed by atoms with Crippen LogP contribution in [-0.4, -0.2) is 22.3 Å². The Hall–Kier alpha value is -1.61. The van der Waals surface area contributed by atoms with Gasteiger partial charge in [-0.05, 0) is 11.1 Å². The highest BCUT2D eigenvalue weighted by Gasteiger charge is 2.14. The minimum Gasteiger partial charge on any atom is -0.479 e. The SMILES string of the molecule is C=C(C[C@@H](O)C(=O)O)c1ccccc1. The summed E-state index contributed by atoms with van der Waals surface area (Å²) >= 11 is 0. The van der Waals surface area contributed by atoms with Crippen LogP contribution in [-0.2, 0) is 4.79 Å². The van der Waals surface area contributed by atoms with Crippen LogP contribution in [0.2, 0.25) is 0 Å². The maximum atomic E-state index is 10.4. The molecule has 1 aromatic carbocycles. The van der Waals surface area contributed by atoms with Crippen LogP contribution in [0.4, 0.5) is 0 Å². The molecule has 2 N–H and O–H groups in total. The van der Waals surface area contributed by atoms with Gasteiger partial charge in [-0.1, -0.05) is 36.9 Å². The molecule has 0 saturated heterocycles. The van der Waals surface area contributed by atoms with Crippen molar-refractivity contribution in [3.05, 3.63) is 42.5 Å². The molecule has 3 heteroatoms. The van der Waals surface area contributed by atoms with Crippen molar-refractivity contribution < 1.29 is 15.0 Å². The molecule has 74 valence electrons. The Kier molecular flexibility index (Phi) is 3.42. The molecule has 0 saturated carbocycles. The first-order chi connectivity index (χ1) is 6.61. The number of aliphatic hydroxyl groups excluding tert-OH is 1. The molecule has 0 bridgehead atoms. The lowest BCUT2D eigenvalue weighted by atomic mass is 10.0. The smallest absolute Gasteiger partial charge is 0.332 e. The van der Waals surface area contributed by atoms with Gasteiger partial charge in [0.1, 0.15) is 0 Å². The number of carboxylic acid groups (broad SMARTS) is 1. The van der Waals surface area contributed by atoms with Crippen molar-refractivity contribution in [2.24, 2.45) is 0 Å². The van der Waals surface area contributed by atoms with Gasteiger partial charge in [0, 0.05) is 6.42 Å². The molecule has 0 heterocycles. The lowest BCUT2D eigenvalue weighted by Gasteiger charge is -2.08. The number of aliphatic carboxylic acids is 1. The highest BCUT2D eigenvalue weighted by molar-refractivity contribution is 5.76. The van der Waals surface area contributed by atoms with E-state index >= 15 is 0 Å². The molecule has 0 spiro atoms. The predicted molar refractivity (Wildman–Crippen MR) is 53.7 cm³/mol. The largest absolute Gasteiger partial charge is 0.479 e. The van der Waals surface area contributed by atoms with Crippen LogP contribution in [0.25, 0.3) is 5.57 Å². The Morgan fingerprint density at radius 2 is 1.93 bits per heavy atom. The van der Waals surface area contributed by atoms with E-state index in [0.717, 1.165) is 5.56 Å². The van der Waals surface area contributed by atoms with Crippen LogP contribution < -0.4 is 0 Å². The highest BCUT2D eigenvalue weighted by atomic mass is 16.4. The van der Waals surface area contributed by atoms with Crippen LogP contribution in [0, 0.1) is 0 Å². The molecule has 0 radical (unpaired) electrons. The number of rotatable bonds is 4. The third-order valence-corrected chi connectivity index (χ3v) is 1.91. The van der Waals surface area contributed by atoms with Gasteiger partial charge in [0.2, 0.25) is 0 Å². The van der Waals surface area contributed by atoms with E-state index in [4.69, 9.17) is 10.2 Å². The van der Waals surface area contributed by atoms with E-state index in [0.29, 0.717) is 5.57 Å². The lowest BCUT2D eigenvalue weighted by Crippen LogP contribution is -2.19. The summed E-state index contributed by atoms with van der Waals surface area (Å²) in [6.07, 6.45) is -1.32. The minimum absolute atomic E-state index is 0.0549. The zero-order valence-corrected chi connectivity index (χ0v) is 7.68. The zero-order valence-electron chi connectivity index (χ0n) is 7.68. The van der Waals surface area contributed by atoms with Gasteiger partial charge < -0.3 is 10.2 Å². The summed E-state index contributed by atoms with van der Waals surface area (Å²) in [5.74, 6) is -1.22. The molecule has 14 heavy (non-hydrogen) atoms.